The molecule has 1 aromatic carbocycles. The van der Waals surface area contributed by atoms with Gasteiger partial charge in [-0.25, -0.2) is 14.4 Å². The van der Waals surface area contributed by atoms with Crippen LogP contribution in [0.3, 0.4) is 0 Å². The van der Waals surface area contributed by atoms with Crippen LogP contribution >= 0.6 is 0 Å². The van der Waals surface area contributed by atoms with Crippen LogP contribution in [0.25, 0.3) is 11.4 Å². The van der Waals surface area contributed by atoms with Crippen LogP contribution < -0.4 is 5.73 Å². The number of hydrogen-bond acceptors (Lipinski definition) is 3. The van der Waals surface area contributed by atoms with E-state index in [2.05, 4.69) is 9.97 Å². The highest BCUT2D eigenvalue weighted by molar-refractivity contribution is 5.59. The van der Waals surface area contributed by atoms with E-state index in [0.717, 1.165) is 25.0 Å². The Hall–Kier alpha value is -2.18. The van der Waals surface area contributed by atoms with E-state index in [4.69, 9.17) is 5.73 Å². The van der Waals surface area contributed by atoms with Crippen molar-refractivity contribution in [3.63, 3.8) is 0 Å². The Morgan fingerprint density at radius 1 is 1.05 bits per heavy atom. The summed E-state index contributed by atoms with van der Waals surface area (Å²) in [5.41, 5.74) is 5.24. The first-order valence-corrected chi connectivity index (χ1v) is 6.35. The van der Waals surface area contributed by atoms with Crippen molar-refractivity contribution >= 4 is 5.82 Å². The zero-order valence-corrected chi connectivity index (χ0v) is 10.8. The molecule has 0 saturated heterocycles. The minimum atomic E-state index is -4.63. The van der Waals surface area contributed by atoms with Gasteiger partial charge in [0.1, 0.15) is 11.6 Å². The van der Waals surface area contributed by atoms with Gasteiger partial charge in [0.2, 0.25) is 0 Å². The summed E-state index contributed by atoms with van der Waals surface area (Å²) in [6, 6.07) is 3.85. The second-order valence-electron chi connectivity index (χ2n) is 5.04. The van der Waals surface area contributed by atoms with Crippen molar-refractivity contribution in [2.75, 3.05) is 5.73 Å². The van der Waals surface area contributed by atoms with E-state index in [1.807, 2.05) is 0 Å². The SMILES string of the molecule is Nc1cc(C2CC2)nc(-c2cc(F)cc(C(F)(F)F)c2)n1. The molecule has 0 atom stereocenters. The standard InChI is InChI=1S/C14H11F4N3/c15-10-4-8(3-9(5-10)14(16,17)18)13-20-11(7-1-2-7)6-12(19)21-13/h3-7H,1-2H2,(H2,19,20,21). The zero-order valence-electron chi connectivity index (χ0n) is 10.8. The molecule has 3 rings (SSSR count). The number of hydrogen-bond donors (Lipinski definition) is 1. The molecule has 1 aliphatic rings. The van der Waals surface area contributed by atoms with Gasteiger partial charge in [0, 0.05) is 23.2 Å². The van der Waals surface area contributed by atoms with Crippen molar-refractivity contribution in [2.45, 2.75) is 24.9 Å². The molecule has 1 aromatic heterocycles. The molecular formula is C14H11F4N3. The minimum absolute atomic E-state index is 0.0156. The number of nitrogens with two attached hydrogens (primary N) is 1. The van der Waals surface area contributed by atoms with Crippen LogP contribution in [-0.2, 0) is 6.18 Å². The van der Waals surface area contributed by atoms with E-state index in [-0.39, 0.29) is 23.1 Å². The highest BCUT2D eigenvalue weighted by Gasteiger charge is 2.32. The maximum Gasteiger partial charge on any atom is 0.416 e. The summed E-state index contributed by atoms with van der Waals surface area (Å²) in [5, 5.41) is 0. The van der Waals surface area contributed by atoms with E-state index < -0.39 is 17.6 Å². The van der Waals surface area contributed by atoms with Crippen molar-refractivity contribution in [1.82, 2.24) is 9.97 Å². The molecule has 21 heavy (non-hydrogen) atoms. The quantitative estimate of drug-likeness (QED) is 0.859. The van der Waals surface area contributed by atoms with Crippen LogP contribution in [0.5, 0.6) is 0 Å². The molecule has 3 nitrogen and oxygen atoms in total. The van der Waals surface area contributed by atoms with Crippen LogP contribution in [0, 0.1) is 5.82 Å². The summed E-state index contributed by atoms with van der Waals surface area (Å²) in [6.07, 6.45) is -2.70. The lowest BCUT2D eigenvalue weighted by Gasteiger charge is -2.10. The maximum atomic E-state index is 13.4. The lowest BCUT2D eigenvalue weighted by Crippen LogP contribution is -2.06. The molecule has 2 aromatic rings. The van der Waals surface area contributed by atoms with Crippen molar-refractivity contribution < 1.29 is 17.6 Å². The largest absolute Gasteiger partial charge is 0.416 e. The Morgan fingerprint density at radius 3 is 2.38 bits per heavy atom. The maximum absolute atomic E-state index is 13.4. The Morgan fingerprint density at radius 2 is 1.76 bits per heavy atom. The fourth-order valence-corrected chi connectivity index (χ4v) is 2.09. The van der Waals surface area contributed by atoms with Gasteiger partial charge in [0.25, 0.3) is 0 Å². The van der Waals surface area contributed by atoms with E-state index in [9.17, 15) is 17.6 Å². The van der Waals surface area contributed by atoms with E-state index >= 15 is 0 Å². The fraction of sp³-hybridized carbons (Fsp3) is 0.286. The number of halogens is 4. The lowest BCUT2D eigenvalue weighted by molar-refractivity contribution is -0.137. The third kappa shape index (κ3) is 2.96. The van der Waals surface area contributed by atoms with E-state index in [1.165, 1.54) is 0 Å². The molecule has 1 heterocycles. The highest BCUT2D eigenvalue weighted by atomic mass is 19.4. The Bertz CT molecular complexity index is 693. The monoisotopic (exact) mass is 297 g/mol. The third-order valence-corrected chi connectivity index (χ3v) is 3.24. The van der Waals surface area contributed by atoms with Gasteiger partial charge in [-0.2, -0.15) is 13.2 Å². The second kappa shape index (κ2) is 4.68. The molecule has 1 fully saturated rings. The predicted molar refractivity (Wildman–Crippen MR) is 68.8 cm³/mol. The zero-order chi connectivity index (χ0) is 15.2. The van der Waals surface area contributed by atoms with Gasteiger partial charge in [-0.3, -0.25) is 0 Å². The lowest BCUT2D eigenvalue weighted by atomic mass is 10.1. The van der Waals surface area contributed by atoms with Crippen LogP contribution in [0.15, 0.2) is 24.3 Å². The molecule has 1 saturated carbocycles. The van der Waals surface area contributed by atoms with Gasteiger partial charge in [-0.1, -0.05) is 0 Å². The molecule has 7 heteroatoms. The van der Waals surface area contributed by atoms with Crippen molar-refractivity contribution in [2.24, 2.45) is 0 Å². The molecule has 0 bridgehead atoms. The van der Waals surface area contributed by atoms with Gasteiger partial charge >= 0.3 is 6.18 Å². The first kappa shape index (κ1) is 13.8. The summed E-state index contributed by atoms with van der Waals surface area (Å²) >= 11 is 0. The normalized spacial score (nSPS) is 15.2. The summed E-state index contributed by atoms with van der Waals surface area (Å²) in [5.74, 6) is -0.537. The summed E-state index contributed by atoms with van der Waals surface area (Å²) in [4.78, 5) is 8.12. The molecule has 0 radical (unpaired) electrons. The number of aromatic nitrogens is 2. The highest BCUT2D eigenvalue weighted by Crippen LogP contribution is 2.40. The van der Waals surface area contributed by atoms with Crippen molar-refractivity contribution in [1.29, 1.82) is 0 Å². The first-order valence-electron chi connectivity index (χ1n) is 6.35. The minimum Gasteiger partial charge on any atom is -0.384 e. The number of anilines is 1. The smallest absolute Gasteiger partial charge is 0.384 e. The average molecular weight is 297 g/mol. The molecule has 0 spiro atoms. The number of nitrogens with zero attached hydrogens (tertiary/aromatic N) is 2. The molecule has 0 amide bonds. The molecule has 2 N–H and O–H groups in total. The fourth-order valence-electron chi connectivity index (χ4n) is 2.09. The van der Waals surface area contributed by atoms with E-state index in [0.29, 0.717) is 11.8 Å². The number of benzene rings is 1. The molecular weight excluding hydrogens is 286 g/mol. The molecule has 0 unspecified atom stereocenters. The Labute approximate surface area is 117 Å². The number of nitrogen functional groups attached to an aromatic ring is 1. The topological polar surface area (TPSA) is 51.8 Å². The van der Waals surface area contributed by atoms with Crippen LogP contribution in [0.4, 0.5) is 23.4 Å². The van der Waals surface area contributed by atoms with Crippen molar-refractivity contribution in [3.8, 4) is 11.4 Å². The number of alkyl halides is 3. The predicted octanol–water partition coefficient (Wildman–Crippen LogP) is 3.76. The molecule has 110 valence electrons. The Kier molecular flexibility index (Phi) is 3.07. The van der Waals surface area contributed by atoms with Gasteiger partial charge < -0.3 is 5.73 Å². The van der Waals surface area contributed by atoms with Gasteiger partial charge in [0.05, 0.1) is 5.56 Å². The summed E-state index contributed by atoms with van der Waals surface area (Å²) < 4.78 is 51.6. The van der Waals surface area contributed by atoms with Gasteiger partial charge in [-0.05, 0) is 31.0 Å². The van der Waals surface area contributed by atoms with Crippen LogP contribution in [0.2, 0.25) is 0 Å². The number of rotatable bonds is 2. The van der Waals surface area contributed by atoms with Crippen LogP contribution in [-0.4, -0.2) is 9.97 Å². The summed E-state index contributed by atoms with van der Waals surface area (Å²) in [7, 11) is 0. The molecule has 1 aliphatic carbocycles. The third-order valence-electron chi connectivity index (χ3n) is 3.24. The first-order chi connectivity index (χ1) is 9.83. The summed E-state index contributed by atoms with van der Waals surface area (Å²) in [6.45, 7) is 0. The van der Waals surface area contributed by atoms with Gasteiger partial charge in [-0.15, -0.1) is 0 Å². The van der Waals surface area contributed by atoms with Crippen molar-refractivity contribution in [3.05, 3.63) is 41.3 Å². The Balaban J connectivity index is 2.09. The van der Waals surface area contributed by atoms with Gasteiger partial charge in [0.15, 0.2) is 5.82 Å². The van der Waals surface area contributed by atoms with E-state index in [1.54, 1.807) is 6.07 Å². The second-order valence-corrected chi connectivity index (χ2v) is 5.04. The van der Waals surface area contributed by atoms with Crippen LogP contribution in [0.1, 0.15) is 30.0 Å². The average Bonchev–Trinajstić information content (AvgIpc) is 3.20. The molecule has 0 aliphatic heterocycles.